The molecule has 6 nitrogen and oxygen atoms in total. The number of hydrogen-bond acceptors (Lipinski definition) is 5. The number of aromatic nitrogens is 2. The Morgan fingerprint density at radius 2 is 2.44 bits per heavy atom. The van der Waals surface area contributed by atoms with Gasteiger partial charge in [-0.25, -0.2) is 9.48 Å². The van der Waals surface area contributed by atoms with Crippen LogP contribution in [-0.4, -0.2) is 22.4 Å². The van der Waals surface area contributed by atoms with Crippen LogP contribution in [0.5, 0.6) is 0 Å². The van der Waals surface area contributed by atoms with E-state index in [0.29, 0.717) is 6.54 Å². The lowest BCUT2D eigenvalue weighted by atomic mass is 10.4. The fourth-order valence-electron chi connectivity index (χ4n) is 1.11. The molecular weight excluding hydrogens is 232 g/mol. The largest absolute Gasteiger partial charge is 0.461 e. The van der Waals surface area contributed by atoms with Crippen molar-refractivity contribution in [1.29, 1.82) is 5.26 Å². The molecule has 16 heavy (non-hydrogen) atoms. The van der Waals surface area contributed by atoms with Gasteiger partial charge in [0.15, 0.2) is 5.69 Å². The lowest BCUT2D eigenvalue weighted by Gasteiger charge is -1.98. The normalized spacial score (nSPS) is 9.81. The molecule has 7 heteroatoms. The molecule has 2 N–H and O–H groups in total. The van der Waals surface area contributed by atoms with Crippen molar-refractivity contribution < 1.29 is 9.53 Å². The molecule has 0 aliphatic heterocycles. The average Bonchev–Trinajstić information content (AvgIpc) is 2.54. The summed E-state index contributed by atoms with van der Waals surface area (Å²) < 4.78 is 6.08. The number of nitrogen functional groups attached to an aromatic ring is 1. The molecule has 0 radical (unpaired) electrons. The first kappa shape index (κ1) is 12.3. The summed E-state index contributed by atoms with van der Waals surface area (Å²) in [6.45, 7) is 2.21. The van der Waals surface area contributed by atoms with E-state index in [1.807, 2.05) is 6.07 Å². The maximum absolute atomic E-state index is 11.4. The molecule has 0 aliphatic carbocycles. The van der Waals surface area contributed by atoms with E-state index in [9.17, 15) is 4.79 Å². The summed E-state index contributed by atoms with van der Waals surface area (Å²) >= 11 is 5.83. The second-order valence-electron chi connectivity index (χ2n) is 2.90. The second kappa shape index (κ2) is 5.37. The van der Waals surface area contributed by atoms with Crippen molar-refractivity contribution >= 4 is 23.4 Å². The summed E-state index contributed by atoms with van der Waals surface area (Å²) in [6.07, 6.45) is 0.241. The second-order valence-corrected chi connectivity index (χ2v) is 3.28. The molecule has 0 saturated heterocycles. The highest BCUT2D eigenvalue weighted by atomic mass is 35.5. The smallest absolute Gasteiger partial charge is 0.360 e. The van der Waals surface area contributed by atoms with Crippen molar-refractivity contribution in [3.05, 3.63) is 10.7 Å². The van der Waals surface area contributed by atoms with Gasteiger partial charge >= 0.3 is 5.97 Å². The van der Waals surface area contributed by atoms with Crippen LogP contribution in [0.1, 0.15) is 23.8 Å². The van der Waals surface area contributed by atoms with Gasteiger partial charge < -0.3 is 10.5 Å². The number of nitriles is 1. The Balaban J connectivity index is 2.96. The number of aryl methyl sites for hydroxylation is 1. The molecule has 1 rings (SSSR count). The van der Waals surface area contributed by atoms with E-state index in [1.165, 1.54) is 4.68 Å². The first-order valence-electron chi connectivity index (χ1n) is 4.67. The SMILES string of the molecule is CCOC(=O)c1nn(CCC#N)c(N)c1Cl. The van der Waals surface area contributed by atoms with Gasteiger partial charge in [0.1, 0.15) is 10.8 Å². The first-order valence-corrected chi connectivity index (χ1v) is 5.05. The number of rotatable bonds is 4. The molecular formula is C9H11ClN4O2. The Hall–Kier alpha value is -1.74. The molecule has 1 heterocycles. The Labute approximate surface area is 97.5 Å². The predicted molar refractivity (Wildman–Crippen MR) is 57.8 cm³/mol. The van der Waals surface area contributed by atoms with Crippen molar-refractivity contribution in [2.24, 2.45) is 0 Å². The fraction of sp³-hybridized carbons (Fsp3) is 0.444. The standard InChI is InChI=1S/C9H11ClN4O2/c1-2-16-9(15)7-6(10)8(12)14(13-7)5-3-4-11/h2-3,5,12H2,1H3. The Morgan fingerprint density at radius 3 is 3.00 bits per heavy atom. The third-order valence-electron chi connectivity index (χ3n) is 1.84. The van der Waals surface area contributed by atoms with E-state index in [4.69, 9.17) is 27.3 Å². The van der Waals surface area contributed by atoms with E-state index in [2.05, 4.69) is 5.10 Å². The summed E-state index contributed by atoms with van der Waals surface area (Å²) in [5.41, 5.74) is 5.61. The van der Waals surface area contributed by atoms with Crippen LogP contribution in [0.2, 0.25) is 5.02 Å². The third-order valence-corrected chi connectivity index (χ3v) is 2.21. The van der Waals surface area contributed by atoms with Crippen LogP contribution >= 0.6 is 11.6 Å². The maximum Gasteiger partial charge on any atom is 0.360 e. The number of halogens is 1. The van der Waals surface area contributed by atoms with Crippen LogP contribution < -0.4 is 5.73 Å². The zero-order valence-corrected chi connectivity index (χ0v) is 9.49. The van der Waals surface area contributed by atoms with E-state index < -0.39 is 5.97 Å². The number of hydrogen-bond donors (Lipinski definition) is 1. The summed E-state index contributed by atoms with van der Waals surface area (Å²) in [4.78, 5) is 11.4. The lowest BCUT2D eigenvalue weighted by molar-refractivity contribution is 0.0518. The van der Waals surface area contributed by atoms with Crippen LogP contribution in [0.3, 0.4) is 0 Å². The summed E-state index contributed by atoms with van der Waals surface area (Å²) in [5, 5.41) is 12.4. The van der Waals surface area contributed by atoms with Crippen molar-refractivity contribution in [3.63, 3.8) is 0 Å². The molecule has 0 bridgehead atoms. The van der Waals surface area contributed by atoms with Crippen molar-refractivity contribution in [2.45, 2.75) is 19.9 Å². The van der Waals surface area contributed by atoms with Crippen molar-refractivity contribution in [2.75, 3.05) is 12.3 Å². The molecule has 0 aromatic carbocycles. The Morgan fingerprint density at radius 1 is 1.75 bits per heavy atom. The van der Waals surface area contributed by atoms with Crippen LogP contribution in [0.25, 0.3) is 0 Å². The minimum atomic E-state index is -0.616. The van der Waals surface area contributed by atoms with Crippen molar-refractivity contribution in [1.82, 2.24) is 9.78 Å². The molecule has 0 atom stereocenters. The number of anilines is 1. The lowest BCUT2D eigenvalue weighted by Crippen LogP contribution is -2.08. The Bertz CT molecular complexity index is 435. The first-order chi connectivity index (χ1) is 7.61. The van der Waals surface area contributed by atoms with E-state index in [-0.39, 0.29) is 29.6 Å². The average molecular weight is 243 g/mol. The molecule has 1 aromatic heterocycles. The maximum atomic E-state index is 11.4. The zero-order chi connectivity index (χ0) is 12.1. The molecule has 0 amide bonds. The Kier molecular flexibility index (Phi) is 4.14. The molecule has 0 aliphatic rings. The van der Waals surface area contributed by atoms with Gasteiger partial charge in [0.25, 0.3) is 0 Å². The third kappa shape index (κ3) is 2.44. The van der Waals surface area contributed by atoms with E-state index in [0.717, 1.165) is 0 Å². The summed E-state index contributed by atoms with van der Waals surface area (Å²) in [7, 11) is 0. The van der Waals surface area contributed by atoms with Gasteiger partial charge in [0.05, 0.1) is 25.6 Å². The minimum absolute atomic E-state index is 0.0149. The highest BCUT2D eigenvalue weighted by Gasteiger charge is 2.20. The highest BCUT2D eigenvalue weighted by Crippen LogP contribution is 2.23. The number of ether oxygens (including phenoxy) is 1. The number of nitrogens with two attached hydrogens (primary N) is 1. The number of esters is 1. The number of carbonyl (C=O) groups excluding carboxylic acids is 1. The van der Waals surface area contributed by atoms with Crippen LogP contribution in [0.15, 0.2) is 0 Å². The fourth-order valence-corrected chi connectivity index (χ4v) is 1.32. The van der Waals surface area contributed by atoms with Gasteiger partial charge in [-0.1, -0.05) is 11.6 Å². The molecule has 0 unspecified atom stereocenters. The van der Waals surface area contributed by atoms with E-state index >= 15 is 0 Å². The number of nitrogens with zero attached hydrogens (tertiary/aromatic N) is 3. The summed E-state index contributed by atoms with van der Waals surface area (Å²) in [5.74, 6) is -0.449. The van der Waals surface area contributed by atoms with Gasteiger partial charge in [0.2, 0.25) is 0 Å². The topological polar surface area (TPSA) is 93.9 Å². The predicted octanol–water partition coefficient (Wildman–Crippen LogP) is 1.21. The van der Waals surface area contributed by atoms with Crippen LogP contribution in [-0.2, 0) is 11.3 Å². The van der Waals surface area contributed by atoms with E-state index in [1.54, 1.807) is 6.92 Å². The quantitative estimate of drug-likeness (QED) is 0.801. The molecule has 86 valence electrons. The van der Waals surface area contributed by atoms with Gasteiger partial charge in [-0.15, -0.1) is 0 Å². The minimum Gasteiger partial charge on any atom is -0.461 e. The highest BCUT2D eigenvalue weighted by molar-refractivity contribution is 6.35. The molecule has 0 fully saturated rings. The number of carbonyl (C=O) groups is 1. The van der Waals surface area contributed by atoms with Gasteiger partial charge in [-0.2, -0.15) is 10.4 Å². The summed E-state index contributed by atoms with van der Waals surface area (Å²) in [6, 6.07) is 1.95. The molecule has 0 spiro atoms. The van der Waals surface area contributed by atoms with Gasteiger partial charge in [0, 0.05) is 0 Å². The van der Waals surface area contributed by atoms with Crippen LogP contribution in [0, 0.1) is 11.3 Å². The molecule has 0 saturated carbocycles. The van der Waals surface area contributed by atoms with Gasteiger partial charge in [-0.3, -0.25) is 0 Å². The zero-order valence-electron chi connectivity index (χ0n) is 8.73. The molecule has 1 aromatic rings. The van der Waals surface area contributed by atoms with Crippen LogP contribution in [0.4, 0.5) is 5.82 Å². The monoisotopic (exact) mass is 242 g/mol. The van der Waals surface area contributed by atoms with Gasteiger partial charge in [-0.05, 0) is 6.92 Å². The van der Waals surface area contributed by atoms with Crippen molar-refractivity contribution in [3.8, 4) is 6.07 Å².